The smallest absolute Gasteiger partial charge is 0.312 e. The van der Waals surface area contributed by atoms with Crippen molar-refractivity contribution in [2.24, 2.45) is 11.3 Å². The van der Waals surface area contributed by atoms with E-state index in [1.807, 2.05) is 25.1 Å². The highest BCUT2D eigenvalue weighted by Crippen LogP contribution is 2.49. The lowest BCUT2D eigenvalue weighted by Crippen LogP contribution is -2.42. The summed E-state index contributed by atoms with van der Waals surface area (Å²) >= 11 is 0. The van der Waals surface area contributed by atoms with Crippen LogP contribution in [0.5, 0.6) is 0 Å². The van der Waals surface area contributed by atoms with E-state index in [2.05, 4.69) is 4.98 Å². The molecule has 0 bridgehead atoms. The zero-order valence-electron chi connectivity index (χ0n) is 11.1. The summed E-state index contributed by atoms with van der Waals surface area (Å²) in [6.45, 7) is 2.49. The van der Waals surface area contributed by atoms with Crippen LogP contribution in [0, 0.1) is 18.3 Å². The normalized spacial score (nSPS) is 30.5. The standard InChI is InChI=1S/C15H19NO3/c1-10-3-2-4-12(16-10)9-15(14(17)18)7-8-19-13(15)11-5-6-11/h2-4,11,13H,5-9H2,1H3,(H,17,18). The number of pyridine rings is 1. The molecule has 0 spiro atoms. The van der Waals surface area contributed by atoms with Gasteiger partial charge in [-0.1, -0.05) is 6.07 Å². The SMILES string of the molecule is Cc1cccc(CC2(C(=O)O)CCOC2C2CC2)n1. The van der Waals surface area contributed by atoms with Gasteiger partial charge >= 0.3 is 5.97 Å². The van der Waals surface area contributed by atoms with Crippen LogP contribution >= 0.6 is 0 Å². The van der Waals surface area contributed by atoms with Gasteiger partial charge in [-0.2, -0.15) is 0 Å². The van der Waals surface area contributed by atoms with Crippen LogP contribution in [0.1, 0.15) is 30.7 Å². The number of carbonyl (C=O) groups is 1. The van der Waals surface area contributed by atoms with Crippen molar-refractivity contribution in [1.82, 2.24) is 4.98 Å². The molecule has 0 amide bonds. The van der Waals surface area contributed by atoms with Gasteiger partial charge in [0.15, 0.2) is 0 Å². The molecule has 0 aromatic carbocycles. The van der Waals surface area contributed by atoms with E-state index in [1.165, 1.54) is 0 Å². The Morgan fingerprint density at radius 2 is 2.32 bits per heavy atom. The van der Waals surface area contributed by atoms with Crippen molar-refractivity contribution in [2.75, 3.05) is 6.61 Å². The van der Waals surface area contributed by atoms with Crippen molar-refractivity contribution in [3.05, 3.63) is 29.6 Å². The third-order valence-corrected chi connectivity index (χ3v) is 4.31. The first-order valence-electron chi connectivity index (χ1n) is 6.89. The van der Waals surface area contributed by atoms with E-state index in [0.29, 0.717) is 25.4 Å². The van der Waals surface area contributed by atoms with Gasteiger partial charge in [-0.15, -0.1) is 0 Å². The average molecular weight is 261 g/mol. The van der Waals surface area contributed by atoms with Crippen LogP contribution in [0.25, 0.3) is 0 Å². The summed E-state index contributed by atoms with van der Waals surface area (Å²) in [6, 6.07) is 5.79. The Kier molecular flexibility index (Phi) is 3.05. The van der Waals surface area contributed by atoms with E-state index in [4.69, 9.17) is 4.74 Å². The van der Waals surface area contributed by atoms with Crippen LogP contribution in [-0.4, -0.2) is 28.8 Å². The summed E-state index contributed by atoms with van der Waals surface area (Å²) in [7, 11) is 0. The lowest BCUT2D eigenvalue weighted by molar-refractivity contribution is -0.153. The predicted molar refractivity (Wildman–Crippen MR) is 69.8 cm³/mol. The first-order chi connectivity index (χ1) is 9.12. The Morgan fingerprint density at radius 1 is 1.53 bits per heavy atom. The predicted octanol–water partition coefficient (Wildman–Crippen LogP) is 2.20. The van der Waals surface area contributed by atoms with Crippen LogP contribution < -0.4 is 0 Å². The van der Waals surface area contributed by atoms with Crippen molar-refractivity contribution in [3.63, 3.8) is 0 Å². The fourth-order valence-corrected chi connectivity index (χ4v) is 3.17. The number of ether oxygens (including phenoxy) is 1. The molecule has 0 radical (unpaired) electrons. The van der Waals surface area contributed by atoms with Crippen molar-refractivity contribution in [2.45, 2.75) is 38.7 Å². The molecular weight excluding hydrogens is 242 g/mol. The summed E-state index contributed by atoms with van der Waals surface area (Å²) in [5.74, 6) is -0.298. The minimum Gasteiger partial charge on any atom is -0.481 e. The van der Waals surface area contributed by atoms with Gasteiger partial charge in [0.25, 0.3) is 0 Å². The van der Waals surface area contributed by atoms with Crippen molar-refractivity contribution in [1.29, 1.82) is 0 Å². The number of nitrogens with zero attached hydrogens (tertiary/aromatic N) is 1. The summed E-state index contributed by atoms with van der Waals surface area (Å²) in [5, 5.41) is 9.73. The molecule has 2 unspecified atom stereocenters. The number of carboxylic acid groups (broad SMARTS) is 1. The van der Waals surface area contributed by atoms with Gasteiger partial charge < -0.3 is 9.84 Å². The minimum atomic E-state index is -0.776. The number of aliphatic carboxylic acids is 1. The number of carboxylic acids is 1. The van der Waals surface area contributed by atoms with E-state index in [9.17, 15) is 9.90 Å². The van der Waals surface area contributed by atoms with Gasteiger partial charge in [0.1, 0.15) is 5.41 Å². The first-order valence-corrected chi connectivity index (χ1v) is 6.89. The second-order valence-corrected chi connectivity index (χ2v) is 5.79. The van der Waals surface area contributed by atoms with Crippen LogP contribution in [0.3, 0.4) is 0 Å². The van der Waals surface area contributed by atoms with Crippen LogP contribution in [0.2, 0.25) is 0 Å². The molecular formula is C15H19NO3. The number of hydrogen-bond acceptors (Lipinski definition) is 3. The Morgan fingerprint density at radius 3 is 2.95 bits per heavy atom. The van der Waals surface area contributed by atoms with Crippen LogP contribution in [0.4, 0.5) is 0 Å². The number of aromatic nitrogens is 1. The Balaban J connectivity index is 1.90. The molecule has 1 aromatic rings. The molecule has 4 nitrogen and oxygen atoms in total. The van der Waals surface area contributed by atoms with Gasteiger partial charge in [0, 0.05) is 24.4 Å². The molecule has 4 heteroatoms. The third-order valence-electron chi connectivity index (χ3n) is 4.31. The molecule has 2 aliphatic rings. The number of hydrogen-bond donors (Lipinski definition) is 1. The largest absolute Gasteiger partial charge is 0.481 e. The highest BCUT2D eigenvalue weighted by atomic mass is 16.5. The summed E-state index contributed by atoms with van der Waals surface area (Å²) in [6.07, 6.45) is 3.14. The first kappa shape index (κ1) is 12.6. The zero-order valence-corrected chi connectivity index (χ0v) is 11.1. The maximum Gasteiger partial charge on any atom is 0.312 e. The van der Waals surface area contributed by atoms with Crippen molar-refractivity contribution in [3.8, 4) is 0 Å². The minimum absolute atomic E-state index is 0.132. The Labute approximate surface area is 112 Å². The molecule has 102 valence electrons. The maximum absolute atomic E-state index is 11.8. The van der Waals surface area contributed by atoms with Crippen LogP contribution in [0.15, 0.2) is 18.2 Å². The van der Waals surface area contributed by atoms with Gasteiger partial charge in [0.2, 0.25) is 0 Å². The molecule has 3 rings (SSSR count). The topological polar surface area (TPSA) is 59.4 Å². The van der Waals surface area contributed by atoms with Crippen molar-refractivity contribution >= 4 is 5.97 Å². The molecule has 2 fully saturated rings. The molecule has 1 aromatic heterocycles. The number of rotatable bonds is 4. The molecule has 19 heavy (non-hydrogen) atoms. The molecule has 1 aliphatic heterocycles. The third kappa shape index (κ3) is 2.25. The second-order valence-electron chi connectivity index (χ2n) is 5.79. The molecule has 2 atom stereocenters. The second kappa shape index (κ2) is 4.60. The van der Waals surface area contributed by atoms with E-state index in [0.717, 1.165) is 24.2 Å². The number of aryl methyl sites for hydroxylation is 1. The van der Waals surface area contributed by atoms with Crippen LogP contribution in [-0.2, 0) is 16.0 Å². The molecule has 1 saturated carbocycles. The lowest BCUT2D eigenvalue weighted by atomic mass is 9.75. The fourth-order valence-electron chi connectivity index (χ4n) is 3.17. The quantitative estimate of drug-likeness (QED) is 0.902. The van der Waals surface area contributed by atoms with Gasteiger partial charge in [-0.25, -0.2) is 0 Å². The molecule has 1 aliphatic carbocycles. The van der Waals surface area contributed by atoms with E-state index < -0.39 is 11.4 Å². The molecule has 1 saturated heterocycles. The average Bonchev–Trinajstić information content (AvgIpc) is 3.11. The van der Waals surface area contributed by atoms with Gasteiger partial charge in [0.05, 0.1) is 6.10 Å². The Hall–Kier alpha value is -1.42. The van der Waals surface area contributed by atoms with E-state index >= 15 is 0 Å². The van der Waals surface area contributed by atoms with Gasteiger partial charge in [-0.05, 0) is 44.2 Å². The Bertz CT molecular complexity index is 498. The van der Waals surface area contributed by atoms with Gasteiger partial charge in [-0.3, -0.25) is 9.78 Å². The summed E-state index contributed by atoms with van der Waals surface area (Å²) in [4.78, 5) is 16.3. The molecule has 2 heterocycles. The molecule has 1 N–H and O–H groups in total. The summed E-state index contributed by atoms with van der Waals surface area (Å²) < 4.78 is 5.75. The highest BCUT2D eigenvalue weighted by molar-refractivity contribution is 5.76. The van der Waals surface area contributed by atoms with E-state index in [1.54, 1.807) is 0 Å². The summed E-state index contributed by atoms with van der Waals surface area (Å²) in [5.41, 5.74) is 1.01. The lowest BCUT2D eigenvalue weighted by Gasteiger charge is -2.29. The zero-order chi connectivity index (χ0) is 13.5. The monoisotopic (exact) mass is 261 g/mol. The highest BCUT2D eigenvalue weighted by Gasteiger charge is 2.55. The van der Waals surface area contributed by atoms with Crippen molar-refractivity contribution < 1.29 is 14.6 Å². The fraction of sp³-hybridized carbons (Fsp3) is 0.600. The van der Waals surface area contributed by atoms with E-state index in [-0.39, 0.29) is 6.10 Å². The maximum atomic E-state index is 11.8.